The number of benzene rings is 1. The zero-order chi connectivity index (χ0) is 13.0. The maximum absolute atomic E-state index is 11.1. The summed E-state index contributed by atoms with van der Waals surface area (Å²) in [5, 5.41) is 9.10. The summed E-state index contributed by atoms with van der Waals surface area (Å²) >= 11 is 0. The summed E-state index contributed by atoms with van der Waals surface area (Å²) in [5.74, 6) is -0.342. The molecule has 0 radical (unpaired) electrons. The van der Waals surface area contributed by atoms with Crippen LogP contribution in [0.15, 0.2) is 42.6 Å². The van der Waals surface area contributed by atoms with Gasteiger partial charge in [0.2, 0.25) is 5.75 Å². The van der Waals surface area contributed by atoms with Crippen molar-refractivity contribution >= 4 is 5.97 Å². The molecule has 0 spiro atoms. The lowest BCUT2D eigenvalue weighted by Crippen LogP contribution is -2.03. The molecule has 5 nitrogen and oxygen atoms in total. The third-order valence-corrected chi connectivity index (χ3v) is 2.26. The Bertz CT molecular complexity index is 554. The lowest BCUT2D eigenvalue weighted by Gasteiger charge is -2.11. The first-order valence-corrected chi connectivity index (χ1v) is 5.21. The van der Waals surface area contributed by atoms with Gasteiger partial charge in [0.15, 0.2) is 0 Å². The first-order valence-electron chi connectivity index (χ1n) is 5.21. The van der Waals surface area contributed by atoms with Crippen LogP contribution in [0.4, 0.5) is 0 Å². The lowest BCUT2D eigenvalue weighted by atomic mass is 10.2. The summed E-state index contributed by atoms with van der Waals surface area (Å²) < 4.78 is 10.5. The average Bonchev–Trinajstić information content (AvgIpc) is 2.40. The Kier molecular flexibility index (Phi) is 3.43. The van der Waals surface area contributed by atoms with Gasteiger partial charge in [0.25, 0.3) is 5.88 Å². The van der Waals surface area contributed by atoms with Crippen LogP contribution in [0.25, 0.3) is 0 Å². The van der Waals surface area contributed by atoms with Crippen LogP contribution in [0.3, 0.4) is 0 Å². The Morgan fingerprint density at radius 3 is 2.56 bits per heavy atom. The molecule has 92 valence electrons. The minimum absolute atomic E-state index is 0.00528. The third-order valence-electron chi connectivity index (χ3n) is 2.26. The van der Waals surface area contributed by atoms with Crippen molar-refractivity contribution in [3.05, 3.63) is 48.2 Å². The van der Waals surface area contributed by atoms with Crippen molar-refractivity contribution in [3.8, 4) is 17.4 Å². The van der Waals surface area contributed by atoms with E-state index in [-0.39, 0.29) is 17.2 Å². The monoisotopic (exact) mass is 245 g/mol. The molecule has 0 fully saturated rings. The predicted molar refractivity (Wildman–Crippen MR) is 64.3 cm³/mol. The number of para-hydroxylation sites is 1. The van der Waals surface area contributed by atoms with Gasteiger partial charge in [-0.2, -0.15) is 0 Å². The summed E-state index contributed by atoms with van der Waals surface area (Å²) in [4.78, 5) is 15.0. The number of aromatic carboxylic acids is 1. The van der Waals surface area contributed by atoms with Crippen molar-refractivity contribution in [3.63, 3.8) is 0 Å². The van der Waals surface area contributed by atoms with Crippen LogP contribution in [-0.4, -0.2) is 23.2 Å². The zero-order valence-electron chi connectivity index (χ0n) is 9.66. The maximum Gasteiger partial charge on any atom is 0.339 e. The van der Waals surface area contributed by atoms with Crippen LogP contribution in [-0.2, 0) is 0 Å². The van der Waals surface area contributed by atoms with E-state index in [1.807, 2.05) is 6.07 Å². The van der Waals surface area contributed by atoms with Crippen LogP contribution >= 0.6 is 0 Å². The molecule has 2 aromatic rings. The molecule has 0 unspecified atom stereocenters. The molecule has 0 amide bonds. The molecule has 5 heteroatoms. The molecule has 1 N–H and O–H groups in total. The molecule has 1 heterocycles. The van der Waals surface area contributed by atoms with Crippen LogP contribution in [0.2, 0.25) is 0 Å². The molecule has 0 atom stereocenters. The largest absolute Gasteiger partial charge is 0.478 e. The molecule has 0 saturated carbocycles. The molecule has 0 saturated heterocycles. The van der Waals surface area contributed by atoms with Gasteiger partial charge in [0.05, 0.1) is 7.11 Å². The molecule has 18 heavy (non-hydrogen) atoms. The van der Waals surface area contributed by atoms with Gasteiger partial charge in [-0.15, -0.1) is 0 Å². The van der Waals surface area contributed by atoms with E-state index in [2.05, 4.69) is 4.98 Å². The van der Waals surface area contributed by atoms with Gasteiger partial charge in [0, 0.05) is 6.20 Å². The van der Waals surface area contributed by atoms with E-state index in [4.69, 9.17) is 14.6 Å². The van der Waals surface area contributed by atoms with Gasteiger partial charge >= 0.3 is 5.97 Å². The van der Waals surface area contributed by atoms with Crippen molar-refractivity contribution in [1.29, 1.82) is 0 Å². The van der Waals surface area contributed by atoms with Crippen molar-refractivity contribution in [2.24, 2.45) is 0 Å². The quantitative estimate of drug-likeness (QED) is 0.896. The van der Waals surface area contributed by atoms with E-state index >= 15 is 0 Å². The smallest absolute Gasteiger partial charge is 0.339 e. The van der Waals surface area contributed by atoms with Crippen LogP contribution in [0.1, 0.15) is 10.4 Å². The van der Waals surface area contributed by atoms with Gasteiger partial charge in [0.1, 0.15) is 11.3 Å². The van der Waals surface area contributed by atoms with E-state index in [9.17, 15) is 4.79 Å². The van der Waals surface area contributed by atoms with Crippen LogP contribution in [0, 0.1) is 0 Å². The number of carbonyl (C=O) groups is 1. The van der Waals surface area contributed by atoms with Gasteiger partial charge in [-0.25, -0.2) is 9.78 Å². The van der Waals surface area contributed by atoms with Gasteiger partial charge < -0.3 is 14.6 Å². The van der Waals surface area contributed by atoms with Crippen LogP contribution in [0.5, 0.6) is 17.4 Å². The second kappa shape index (κ2) is 5.18. The summed E-state index contributed by atoms with van der Waals surface area (Å²) in [6, 6.07) is 10.2. The minimum Gasteiger partial charge on any atom is -0.478 e. The fraction of sp³-hybridized carbons (Fsp3) is 0.0769. The van der Waals surface area contributed by atoms with Crippen LogP contribution < -0.4 is 9.47 Å². The number of nitrogens with zero attached hydrogens (tertiary/aromatic N) is 1. The summed E-state index contributed by atoms with van der Waals surface area (Å²) in [6.07, 6.45) is 1.36. The second-order valence-corrected chi connectivity index (χ2v) is 3.42. The second-order valence-electron chi connectivity index (χ2n) is 3.42. The SMILES string of the molecule is COc1nccc(C(=O)O)c1Oc1ccccc1. The molecule has 0 bridgehead atoms. The molecular formula is C13H11NO4. The Morgan fingerprint density at radius 2 is 1.94 bits per heavy atom. The standard InChI is InChI=1S/C13H11NO4/c1-17-12-11(10(13(15)16)7-8-14-12)18-9-5-3-2-4-6-9/h2-8H,1H3,(H,15,16). The Morgan fingerprint density at radius 1 is 1.22 bits per heavy atom. The highest BCUT2D eigenvalue weighted by Gasteiger charge is 2.18. The molecule has 1 aromatic carbocycles. The van der Waals surface area contributed by atoms with Crippen molar-refractivity contribution < 1.29 is 19.4 Å². The Hall–Kier alpha value is -2.56. The summed E-state index contributed by atoms with van der Waals surface area (Å²) in [6.45, 7) is 0. The molecule has 0 aliphatic rings. The van der Waals surface area contributed by atoms with Gasteiger partial charge in [-0.1, -0.05) is 18.2 Å². The van der Waals surface area contributed by atoms with Crippen molar-refractivity contribution in [2.45, 2.75) is 0 Å². The molecular weight excluding hydrogens is 234 g/mol. The molecule has 0 aliphatic heterocycles. The highest BCUT2D eigenvalue weighted by atomic mass is 16.5. The van der Waals surface area contributed by atoms with E-state index in [0.717, 1.165) is 0 Å². The lowest BCUT2D eigenvalue weighted by molar-refractivity contribution is 0.0693. The number of hydrogen-bond acceptors (Lipinski definition) is 4. The number of ether oxygens (including phenoxy) is 2. The van der Waals surface area contributed by atoms with Crippen molar-refractivity contribution in [2.75, 3.05) is 7.11 Å². The molecule has 1 aromatic heterocycles. The Labute approximate surface area is 104 Å². The first kappa shape index (κ1) is 11.9. The normalized spacial score (nSPS) is 9.83. The highest BCUT2D eigenvalue weighted by Crippen LogP contribution is 2.32. The number of pyridine rings is 1. The van der Waals surface area contributed by atoms with E-state index < -0.39 is 5.97 Å². The summed E-state index contributed by atoms with van der Waals surface area (Å²) in [5.41, 5.74) is 0.00528. The van der Waals surface area contributed by atoms with E-state index in [0.29, 0.717) is 5.75 Å². The number of methoxy groups -OCH3 is 1. The fourth-order valence-corrected chi connectivity index (χ4v) is 1.45. The van der Waals surface area contributed by atoms with E-state index in [1.54, 1.807) is 24.3 Å². The Balaban J connectivity index is 2.44. The number of carboxylic acid groups (broad SMARTS) is 1. The van der Waals surface area contributed by atoms with Crippen molar-refractivity contribution in [1.82, 2.24) is 4.98 Å². The van der Waals surface area contributed by atoms with Gasteiger partial charge in [-0.05, 0) is 18.2 Å². The number of hydrogen-bond donors (Lipinski definition) is 1. The minimum atomic E-state index is -1.10. The number of carboxylic acids is 1. The fourth-order valence-electron chi connectivity index (χ4n) is 1.45. The highest BCUT2D eigenvalue weighted by molar-refractivity contribution is 5.91. The number of aromatic nitrogens is 1. The number of rotatable bonds is 4. The predicted octanol–water partition coefficient (Wildman–Crippen LogP) is 2.58. The average molecular weight is 245 g/mol. The first-order chi connectivity index (χ1) is 8.72. The molecule has 2 rings (SSSR count). The topological polar surface area (TPSA) is 68.7 Å². The summed E-state index contributed by atoms with van der Waals surface area (Å²) in [7, 11) is 1.41. The zero-order valence-corrected chi connectivity index (χ0v) is 9.66. The van der Waals surface area contributed by atoms with Gasteiger partial charge in [-0.3, -0.25) is 0 Å². The molecule has 0 aliphatic carbocycles. The third kappa shape index (κ3) is 2.40. The van der Waals surface area contributed by atoms with E-state index in [1.165, 1.54) is 19.4 Å². The maximum atomic E-state index is 11.1.